The summed E-state index contributed by atoms with van der Waals surface area (Å²) in [5.74, 6) is 1.76. The van der Waals surface area contributed by atoms with Gasteiger partial charge >= 0.3 is 0 Å². The molecule has 1 N–H and O–H groups in total. The zero-order chi connectivity index (χ0) is 14.7. The van der Waals surface area contributed by atoms with Gasteiger partial charge in [-0.1, -0.05) is 38.0 Å². The highest BCUT2D eigenvalue weighted by atomic mass is 16.5. The number of para-hydroxylation sites is 1. The van der Waals surface area contributed by atoms with Crippen LogP contribution in [0.4, 0.5) is 0 Å². The molecular formula is C18H25NO2. The van der Waals surface area contributed by atoms with Crippen LogP contribution < -0.4 is 5.32 Å². The lowest BCUT2D eigenvalue weighted by molar-refractivity contribution is -0.00254. The van der Waals surface area contributed by atoms with E-state index in [0.29, 0.717) is 12.7 Å². The number of hydrogen-bond acceptors (Lipinski definition) is 3. The number of hydrogen-bond donors (Lipinski definition) is 1. The molecule has 1 saturated carbocycles. The Balaban J connectivity index is 1.75. The van der Waals surface area contributed by atoms with Crippen LogP contribution in [0.1, 0.15) is 43.9 Å². The van der Waals surface area contributed by atoms with Gasteiger partial charge in [0.25, 0.3) is 0 Å². The van der Waals surface area contributed by atoms with Gasteiger partial charge in [0, 0.05) is 17.5 Å². The molecule has 21 heavy (non-hydrogen) atoms. The van der Waals surface area contributed by atoms with Crippen molar-refractivity contribution in [2.45, 2.75) is 51.9 Å². The van der Waals surface area contributed by atoms with Crippen molar-refractivity contribution >= 4 is 11.0 Å². The quantitative estimate of drug-likeness (QED) is 0.893. The molecule has 3 heteroatoms. The molecule has 1 heterocycles. The van der Waals surface area contributed by atoms with E-state index in [0.717, 1.165) is 23.8 Å². The van der Waals surface area contributed by atoms with Crippen LogP contribution in [-0.4, -0.2) is 13.2 Å². The third-order valence-electron chi connectivity index (χ3n) is 4.47. The van der Waals surface area contributed by atoms with Gasteiger partial charge in [0.05, 0.1) is 6.10 Å². The molecule has 0 saturated heterocycles. The van der Waals surface area contributed by atoms with Crippen LogP contribution in [0.15, 0.2) is 28.7 Å². The highest BCUT2D eigenvalue weighted by Gasteiger charge is 2.21. The molecule has 0 bridgehead atoms. The molecule has 2 unspecified atom stereocenters. The van der Waals surface area contributed by atoms with E-state index < -0.39 is 0 Å². The maximum absolute atomic E-state index is 6.13. The minimum atomic E-state index is 0.393. The molecule has 3 nitrogen and oxygen atoms in total. The molecular weight excluding hydrogens is 262 g/mol. The predicted molar refractivity (Wildman–Crippen MR) is 85.2 cm³/mol. The van der Waals surface area contributed by atoms with E-state index in [1.165, 1.54) is 36.6 Å². The predicted octanol–water partition coefficient (Wildman–Crippen LogP) is 4.25. The number of benzene rings is 1. The topological polar surface area (TPSA) is 34.4 Å². The van der Waals surface area contributed by atoms with Gasteiger partial charge < -0.3 is 14.5 Å². The van der Waals surface area contributed by atoms with Gasteiger partial charge in [0.1, 0.15) is 18.0 Å². The summed E-state index contributed by atoms with van der Waals surface area (Å²) < 4.78 is 12.1. The summed E-state index contributed by atoms with van der Waals surface area (Å²) in [6, 6.07) is 8.23. The summed E-state index contributed by atoms with van der Waals surface area (Å²) in [5.41, 5.74) is 2.19. The lowest BCUT2D eigenvalue weighted by Crippen LogP contribution is -2.21. The molecule has 2 atom stereocenters. The summed E-state index contributed by atoms with van der Waals surface area (Å²) in [5, 5.41) is 4.43. The van der Waals surface area contributed by atoms with Crippen molar-refractivity contribution in [1.29, 1.82) is 0 Å². The van der Waals surface area contributed by atoms with E-state index >= 15 is 0 Å². The van der Waals surface area contributed by atoms with Gasteiger partial charge in [-0.15, -0.1) is 0 Å². The Bertz CT molecular complexity index is 590. The second kappa shape index (κ2) is 6.63. The number of nitrogens with one attached hydrogen (secondary N) is 1. The van der Waals surface area contributed by atoms with Crippen LogP contribution in [0.25, 0.3) is 11.0 Å². The Morgan fingerprint density at radius 2 is 2.14 bits per heavy atom. The highest BCUT2D eigenvalue weighted by molar-refractivity contribution is 5.82. The lowest BCUT2D eigenvalue weighted by Gasteiger charge is -2.26. The van der Waals surface area contributed by atoms with E-state index in [-0.39, 0.29) is 0 Å². The number of rotatable bonds is 5. The second-order valence-electron chi connectivity index (χ2n) is 6.24. The Hall–Kier alpha value is -1.32. The van der Waals surface area contributed by atoms with Crippen molar-refractivity contribution in [2.24, 2.45) is 5.92 Å². The standard InChI is InChI=1S/C18H25NO2/c1-13-6-5-7-14(10-13)20-12-18-16(11-19-2)15-8-3-4-9-17(15)21-18/h3-4,8-9,13-14,19H,5-7,10-12H2,1-2H3. The fourth-order valence-electron chi connectivity index (χ4n) is 3.36. The summed E-state index contributed by atoms with van der Waals surface area (Å²) in [6.45, 7) is 3.73. The van der Waals surface area contributed by atoms with Crippen LogP contribution in [0, 0.1) is 5.92 Å². The molecule has 0 spiro atoms. The monoisotopic (exact) mass is 287 g/mol. The molecule has 0 amide bonds. The minimum Gasteiger partial charge on any atom is -0.458 e. The normalized spacial score (nSPS) is 22.8. The smallest absolute Gasteiger partial charge is 0.135 e. The zero-order valence-electron chi connectivity index (χ0n) is 13.0. The maximum atomic E-state index is 6.13. The average Bonchev–Trinajstić information content (AvgIpc) is 2.84. The van der Waals surface area contributed by atoms with Crippen LogP contribution in [0.2, 0.25) is 0 Å². The lowest BCUT2D eigenvalue weighted by atomic mass is 9.89. The van der Waals surface area contributed by atoms with E-state index in [9.17, 15) is 0 Å². The zero-order valence-corrected chi connectivity index (χ0v) is 13.0. The van der Waals surface area contributed by atoms with Crippen molar-refractivity contribution in [3.63, 3.8) is 0 Å². The Morgan fingerprint density at radius 3 is 2.95 bits per heavy atom. The first-order valence-corrected chi connectivity index (χ1v) is 8.03. The Kier molecular flexibility index (Phi) is 4.61. The van der Waals surface area contributed by atoms with Crippen LogP contribution >= 0.6 is 0 Å². The number of fused-ring (bicyclic) bond motifs is 1. The largest absolute Gasteiger partial charge is 0.458 e. The SMILES string of the molecule is CNCc1c(COC2CCCC(C)C2)oc2ccccc12. The van der Waals surface area contributed by atoms with Crippen molar-refractivity contribution in [1.82, 2.24) is 5.32 Å². The first-order chi connectivity index (χ1) is 10.3. The molecule has 0 radical (unpaired) electrons. The summed E-state index contributed by atoms with van der Waals surface area (Å²) in [7, 11) is 1.97. The van der Waals surface area contributed by atoms with Gasteiger partial charge in [-0.05, 0) is 31.9 Å². The van der Waals surface area contributed by atoms with Gasteiger partial charge in [-0.25, -0.2) is 0 Å². The minimum absolute atomic E-state index is 0.393. The van der Waals surface area contributed by atoms with Crippen LogP contribution in [-0.2, 0) is 17.9 Å². The Morgan fingerprint density at radius 1 is 1.29 bits per heavy atom. The van der Waals surface area contributed by atoms with Crippen LogP contribution in [0.5, 0.6) is 0 Å². The fraction of sp³-hybridized carbons (Fsp3) is 0.556. The molecule has 1 aliphatic carbocycles. The first-order valence-electron chi connectivity index (χ1n) is 8.03. The maximum Gasteiger partial charge on any atom is 0.135 e. The molecule has 114 valence electrons. The van der Waals surface area contributed by atoms with Crippen molar-refractivity contribution in [3.8, 4) is 0 Å². The van der Waals surface area contributed by atoms with E-state index in [4.69, 9.17) is 9.15 Å². The number of furan rings is 1. The molecule has 2 aromatic rings. The van der Waals surface area contributed by atoms with Crippen molar-refractivity contribution in [3.05, 3.63) is 35.6 Å². The Labute approximate surface area is 126 Å². The molecule has 1 aliphatic rings. The number of ether oxygens (including phenoxy) is 1. The second-order valence-corrected chi connectivity index (χ2v) is 6.24. The first kappa shape index (κ1) is 14.6. The van der Waals surface area contributed by atoms with Crippen LogP contribution in [0.3, 0.4) is 0 Å². The molecule has 0 aliphatic heterocycles. The third kappa shape index (κ3) is 3.30. The molecule has 1 fully saturated rings. The van der Waals surface area contributed by atoms with E-state index in [1.54, 1.807) is 0 Å². The van der Waals surface area contributed by atoms with Gasteiger partial charge in [-0.3, -0.25) is 0 Å². The van der Waals surface area contributed by atoms with Crippen molar-refractivity contribution < 1.29 is 9.15 Å². The van der Waals surface area contributed by atoms with Gasteiger partial charge in [0.15, 0.2) is 0 Å². The molecule has 1 aromatic heterocycles. The van der Waals surface area contributed by atoms with Gasteiger partial charge in [-0.2, -0.15) is 0 Å². The average molecular weight is 287 g/mol. The molecule has 1 aromatic carbocycles. The van der Waals surface area contributed by atoms with Crippen molar-refractivity contribution in [2.75, 3.05) is 7.05 Å². The van der Waals surface area contributed by atoms with E-state index in [2.05, 4.69) is 24.4 Å². The summed E-state index contributed by atoms with van der Waals surface area (Å²) in [6.07, 6.45) is 5.39. The fourth-order valence-corrected chi connectivity index (χ4v) is 3.36. The summed E-state index contributed by atoms with van der Waals surface area (Å²) in [4.78, 5) is 0. The van der Waals surface area contributed by atoms with E-state index in [1.807, 2.05) is 19.2 Å². The summed E-state index contributed by atoms with van der Waals surface area (Å²) >= 11 is 0. The molecule has 3 rings (SSSR count). The third-order valence-corrected chi connectivity index (χ3v) is 4.47. The van der Waals surface area contributed by atoms with Gasteiger partial charge in [0.2, 0.25) is 0 Å². The highest BCUT2D eigenvalue weighted by Crippen LogP contribution is 2.29.